The molecule has 3 heterocycles. The number of nitrogens with one attached hydrogen (secondary N) is 1. The third-order valence-corrected chi connectivity index (χ3v) is 4.03. The molecule has 0 atom stereocenters. The van der Waals surface area contributed by atoms with E-state index in [0.717, 1.165) is 16.8 Å². The smallest absolute Gasteiger partial charge is 0.242 e. The SMILES string of the molecule is O=C(Cn1cc(-c2ccc(F)cc2)cn1)NCc1cn(-c2cccnc2)nn1. The van der Waals surface area contributed by atoms with Crippen LogP contribution in [0.25, 0.3) is 16.8 Å². The molecule has 28 heavy (non-hydrogen) atoms. The van der Waals surface area contributed by atoms with Gasteiger partial charge in [-0.3, -0.25) is 14.5 Å². The number of rotatable bonds is 6. The van der Waals surface area contributed by atoms with Crippen molar-refractivity contribution < 1.29 is 9.18 Å². The van der Waals surface area contributed by atoms with E-state index in [1.807, 2.05) is 12.1 Å². The maximum Gasteiger partial charge on any atom is 0.242 e. The Kier molecular flexibility index (Phi) is 4.87. The highest BCUT2D eigenvalue weighted by Crippen LogP contribution is 2.18. The second-order valence-corrected chi connectivity index (χ2v) is 6.08. The highest BCUT2D eigenvalue weighted by atomic mass is 19.1. The molecule has 8 nitrogen and oxygen atoms in total. The van der Waals surface area contributed by atoms with Crippen LogP contribution in [0, 0.1) is 5.82 Å². The second-order valence-electron chi connectivity index (χ2n) is 6.08. The van der Waals surface area contributed by atoms with Gasteiger partial charge in [-0.05, 0) is 29.8 Å². The van der Waals surface area contributed by atoms with E-state index in [2.05, 4.69) is 25.7 Å². The number of carbonyl (C=O) groups excluding carboxylic acids is 1. The van der Waals surface area contributed by atoms with Gasteiger partial charge in [-0.2, -0.15) is 5.10 Å². The summed E-state index contributed by atoms with van der Waals surface area (Å²) in [5.74, 6) is -0.499. The Labute approximate surface area is 159 Å². The molecular formula is C19H16FN7O. The number of nitrogens with zero attached hydrogens (tertiary/aromatic N) is 6. The minimum atomic E-state index is -0.295. The fourth-order valence-corrected chi connectivity index (χ4v) is 2.63. The predicted molar refractivity (Wildman–Crippen MR) is 98.6 cm³/mol. The first-order valence-corrected chi connectivity index (χ1v) is 8.54. The van der Waals surface area contributed by atoms with Gasteiger partial charge < -0.3 is 5.32 Å². The van der Waals surface area contributed by atoms with Gasteiger partial charge in [-0.25, -0.2) is 9.07 Å². The Bertz CT molecular complexity index is 1070. The first-order chi connectivity index (χ1) is 13.7. The lowest BCUT2D eigenvalue weighted by Gasteiger charge is -2.03. The van der Waals surface area contributed by atoms with Gasteiger partial charge in [0.1, 0.15) is 18.1 Å². The molecule has 140 valence electrons. The number of amides is 1. The van der Waals surface area contributed by atoms with Crippen molar-refractivity contribution in [3.05, 3.63) is 78.9 Å². The summed E-state index contributed by atoms with van der Waals surface area (Å²) in [4.78, 5) is 16.2. The van der Waals surface area contributed by atoms with Gasteiger partial charge in [0.2, 0.25) is 5.91 Å². The van der Waals surface area contributed by atoms with Crippen LogP contribution in [0.4, 0.5) is 4.39 Å². The molecule has 1 amide bonds. The number of aromatic nitrogens is 6. The lowest BCUT2D eigenvalue weighted by Crippen LogP contribution is -2.27. The van der Waals surface area contributed by atoms with Gasteiger partial charge in [-0.1, -0.05) is 17.3 Å². The fourth-order valence-electron chi connectivity index (χ4n) is 2.63. The van der Waals surface area contributed by atoms with E-state index >= 15 is 0 Å². The third kappa shape index (κ3) is 4.09. The van der Waals surface area contributed by atoms with Crippen molar-refractivity contribution in [1.29, 1.82) is 0 Å². The summed E-state index contributed by atoms with van der Waals surface area (Å²) in [7, 11) is 0. The number of carbonyl (C=O) groups is 1. The van der Waals surface area contributed by atoms with Gasteiger partial charge in [0.15, 0.2) is 0 Å². The van der Waals surface area contributed by atoms with E-state index < -0.39 is 0 Å². The maximum absolute atomic E-state index is 13.0. The molecule has 0 spiro atoms. The molecular weight excluding hydrogens is 361 g/mol. The molecule has 3 aromatic heterocycles. The minimum absolute atomic E-state index is 0.0674. The summed E-state index contributed by atoms with van der Waals surface area (Å²) >= 11 is 0. The van der Waals surface area contributed by atoms with Crippen LogP contribution in [0.5, 0.6) is 0 Å². The summed E-state index contributed by atoms with van der Waals surface area (Å²) < 4.78 is 16.1. The zero-order valence-electron chi connectivity index (χ0n) is 14.7. The minimum Gasteiger partial charge on any atom is -0.349 e. The molecule has 1 aromatic carbocycles. The van der Waals surface area contributed by atoms with Crippen LogP contribution >= 0.6 is 0 Å². The van der Waals surface area contributed by atoms with E-state index in [-0.39, 0.29) is 24.8 Å². The van der Waals surface area contributed by atoms with Crippen molar-refractivity contribution in [2.75, 3.05) is 0 Å². The van der Waals surface area contributed by atoms with Crippen LogP contribution in [0.15, 0.2) is 67.4 Å². The van der Waals surface area contributed by atoms with E-state index in [1.54, 1.807) is 47.8 Å². The first-order valence-electron chi connectivity index (χ1n) is 8.54. The van der Waals surface area contributed by atoms with E-state index in [9.17, 15) is 9.18 Å². The van der Waals surface area contributed by atoms with E-state index in [1.165, 1.54) is 16.8 Å². The largest absolute Gasteiger partial charge is 0.349 e. The molecule has 0 aliphatic rings. The summed E-state index contributed by atoms with van der Waals surface area (Å²) in [6, 6.07) is 9.78. The number of halogens is 1. The summed E-state index contributed by atoms with van der Waals surface area (Å²) in [6.07, 6.45) is 8.47. The lowest BCUT2D eigenvalue weighted by molar-refractivity contribution is -0.122. The molecule has 9 heteroatoms. The maximum atomic E-state index is 13.0. The van der Waals surface area contributed by atoms with Crippen molar-refractivity contribution in [1.82, 2.24) is 35.1 Å². The average Bonchev–Trinajstić information content (AvgIpc) is 3.37. The average molecular weight is 377 g/mol. The third-order valence-electron chi connectivity index (χ3n) is 4.03. The van der Waals surface area contributed by atoms with Crippen LogP contribution in [0.2, 0.25) is 0 Å². The van der Waals surface area contributed by atoms with Gasteiger partial charge in [-0.15, -0.1) is 5.10 Å². The highest BCUT2D eigenvalue weighted by Gasteiger charge is 2.08. The Balaban J connectivity index is 1.33. The molecule has 4 aromatic rings. The lowest BCUT2D eigenvalue weighted by atomic mass is 10.1. The highest BCUT2D eigenvalue weighted by molar-refractivity contribution is 5.75. The monoisotopic (exact) mass is 377 g/mol. The number of pyridine rings is 1. The van der Waals surface area contributed by atoms with Crippen LogP contribution in [0.3, 0.4) is 0 Å². The van der Waals surface area contributed by atoms with Crippen molar-refractivity contribution in [2.24, 2.45) is 0 Å². The zero-order chi connectivity index (χ0) is 19.3. The number of benzene rings is 1. The molecule has 0 aliphatic carbocycles. The normalized spacial score (nSPS) is 10.8. The van der Waals surface area contributed by atoms with Gasteiger partial charge >= 0.3 is 0 Å². The second kappa shape index (κ2) is 7.78. The van der Waals surface area contributed by atoms with E-state index in [4.69, 9.17) is 0 Å². The predicted octanol–water partition coefficient (Wildman–Crippen LogP) is 1.98. The summed E-state index contributed by atoms with van der Waals surface area (Å²) in [5.41, 5.74) is 3.06. The van der Waals surface area contributed by atoms with Crippen LogP contribution in [-0.2, 0) is 17.9 Å². The summed E-state index contributed by atoms with van der Waals surface area (Å²) in [5, 5.41) is 15.0. The molecule has 0 radical (unpaired) electrons. The molecule has 0 unspecified atom stereocenters. The van der Waals surface area contributed by atoms with Crippen LogP contribution < -0.4 is 5.32 Å². The van der Waals surface area contributed by atoms with Gasteiger partial charge in [0.05, 0.1) is 30.8 Å². The van der Waals surface area contributed by atoms with Gasteiger partial charge in [0.25, 0.3) is 0 Å². The number of hydrogen-bond acceptors (Lipinski definition) is 5. The molecule has 0 saturated carbocycles. The Hall–Kier alpha value is -3.88. The van der Waals surface area contributed by atoms with Crippen LogP contribution in [0.1, 0.15) is 5.69 Å². The first kappa shape index (κ1) is 17.5. The van der Waals surface area contributed by atoms with Crippen LogP contribution in [-0.4, -0.2) is 35.7 Å². The molecule has 4 rings (SSSR count). The fraction of sp³-hybridized carbons (Fsp3) is 0.105. The molecule has 0 bridgehead atoms. The Morgan fingerprint density at radius 2 is 1.93 bits per heavy atom. The quantitative estimate of drug-likeness (QED) is 0.555. The molecule has 0 aliphatic heterocycles. The van der Waals surface area contributed by atoms with Crippen molar-refractivity contribution >= 4 is 5.91 Å². The topological polar surface area (TPSA) is 90.5 Å². The van der Waals surface area contributed by atoms with Crippen molar-refractivity contribution in [2.45, 2.75) is 13.1 Å². The van der Waals surface area contributed by atoms with Crippen molar-refractivity contribution in [3.63, 3.8) is 0 Å². The standard InChI is InChI=1S/C19H16FN7O/c20-16-5-3-14(4-6-16)15-8-23-26(11-15)13-19(28)22-9-17-12-27(25-24-17)18-2-1-7-21-10-18/h1-8,10-12H,9,13H2,(H,22,28). The molecule has 0 saturated heterocycles. The Morgan fingerprint density at radius 1 is 1.07 bits per heavy atom. The molecule has 0 fully saturated rings. The molecule has 1 N–H and O–H groups in total. The van der Waals surface area contributed by atoms with Crippen molar-refractivity contribution in [3.8, 4) is 16.8 Å². The van der Waals surface area contributed by atoms with E-state index in [0.29, 0.717) is 5.69 Å². The zero-order valence-corrected chi connectivity index (χ0v) is 14.7. The van der Waals surface area contributed by atoms with Gasteiger partial charge in [0, 0.05) is 18.0 Å². The summed E-state index contributed by atoms with van der Waals surface area (Å²) in [6.45, 7) is 0.323. The Morgan fingerprint density at radius 3 is 2.71 bits per heavy atom. The number of hydrogen-bond donors (Lipinski definition) is 1.